The van der Waals surface area contributed by atoms with Crippen LogP contribution in [0.3, 0.4) is 0 Å². The SMILES string of the molecule is N=Nc1cc(Br)ccc1C(=N)c1ccncc1. The molecule has 0 bridgehead atoms. The lowest BCUT2D eigenvalue weighted by atomic mass is 10.0. The summed E-state index contributed by atoms with van der Waals surface area (Å²) in [6.45, 7) is 0. The van der Waals surface area contributed by atoms with Crippen LogP contribution in [0.4, 0.5) is 5.69 Å². The maximum atomic E-state index is 8.10. The minimum absolute atomic E-state index is 0.339. The lowest BCUT2D eigenvalue weighted by Crippen LogP contribution is -2.01. The molecule has 0 aliphatic heterocycles. The Balaban J connectivity index is 2.48. The van der Waals surface area contributed by atoms with E-state index in [1.165, 1.54) is 0 Å². The summed E-state index contributed by atoms with van der Waals surface area (Å²) in [5.74, 6) is 0. The van der Waals surface area contributed by atoms with Crippen LogP contribution in [0.1, 0.15) is 11.1 Å². The molecule has 84 valence electrons. The van der Waals surface area contributed by atoms with Gasteiger partial charge in [-0.3, -0.25) is 10.4 Å². The van der Waals surface area contributed by atoms with Crippen LogP contribution in [0.5, 0.6) is 0 Å². The Kier molecular flexibility index (Phi) is 3.39. The van der Waals surface area contributed by atoms with Gasteiger partial charge in [0.1, 0.15) is 0 Å². The van der Waals surface area contributed by atoms with E-state index in [0.717, 1.165) is 10.0 Å². The lowest BCUT2D eigenvalue weighted by Gasteiger charge is -2.07. The number of halogens is 1. The van der Waals surface area contributed by atoms with Crippen LogP contribution in [0.25, 0.3) is 0 Å². The van der Waals surface area contributed by atoms with Crippen molar-refractivity contribution in [2.24, 2.45) is 5.11 Å². The zero-order valence-corrected chi connectivity index (χ0v) is 10.4. The lowest BCUT2D eigenvalue weighted by molar-refractivity contribution is 1.14. The highest BCUT2D eigenvalue weighted by atomic mass is 79.9. The fourth-order valence-corrected chi connectivity index (χ4v) is 1.83. The zero-order chi connectivity index (χ0) is 12.3. The van der Waals surface area contributed by atoms with E-state index < -0.39 is 0 Å². The quantitative estimate of drug-likeness (QED) is 0.652. The Bertz CT molecular complexity index is 566. The minimum atomic E-state index is 0.339. The molecule has 0 fully saturated rings. The van der Waals surface area contributed by atoms with E-state index in [0.29, 0.717) is 17.0 Å². The largest absolute Gasteiger partial charge is 0.300 e. The smallest absolute Gasteiger partial charge is 0.0955 e. The van der Waals surface area contributed by atoms with Gasteiger partial charge in [-0.1, -0.05) is 15.9 Å². The highest BCUT2D eigenvalue weighted by Gasteiger charge is 2.10. The van der Waals surface area contributed by atoms with Crippen LogP contribution in [-0.4, -0.2) is 10.7 Å². The van der Waals surface area contributed by atoms with Gasteiger partial charge in [-0.15, -0.1) is 0 Å². The second-order valence-electron chi connectivity index (χ2n) is 3.38. The van der Waals surface area contributed by atoms with Gasteiger partial charge in [-0.05, 0) is 30.3 Å². The van der Waals surface area contributed by atoms with Crippen LogP contribution in [0.15, 0.2) is 52.3 Å². The summed E-state index contributed by atoms with van der Waals surface area (Å²) in [5, 5.41) is 11.5. The number of hydrogen-bond donors (Lipinski definition) is 2. The first-order valence-corrected chi connectivity index (χ1v) is 5.68. The Hall–Kier alpha value is -1.88. The van der Waals surface area contributed by atoms with Crippen LogP contribution in [0.2, 0.25) is 0 Å². The van der Waals surface area contributed by atoms with Crippen molar-refractivity contribution in [3.63, 3.8) is 0 Å². The van der Waals surface area contributed by atoms with Crippen LogP contribution in [0, 0.1) is 10.9 Å². The van der Waals surface area contributed by atoms with Crippen LogP contribution >= 0.6 is 15.9 Å². The number of benzene rings is 1. The molecule has 2 aromatic rings. The summed E-state index contributed by atoms with van der Waals surface area (Å²) < 4.78 is 0.842. The first-order chi connectivity index (χ1) is 8.22. The van der Waals surface area contributed by atoms with Gasteiger partial charge in [-0.2, -0.15) is 5.11 Å². The van der Waals surface area contributed by atoms with Crippen LogP contribution in [-0.2, 0) is 0 Å². The summed E-state index contributed by atoms with van der Waals surface area (Å²) in [7, 11) is 0. The summed E-state index contributed by atoms with van der Waals surface area (Å²) in [6.07, 6.45) is 3.28. The molecule has 0 saturated heterocycles. The van der Waals surface area contributed by atoms with Crippen molar-refractivity contribution in [2.75, 3.05) is 0 Å². The van der Waals surface area contributed by atoms with Gasteiger partial charge >= 0.3 is 0 Å². The van der Waals surface area contributed by atoms with Crippen molar-refractivity contribution >= 4 is 27.3 Å². The molecule has 1 heterocycles. The molecule has 0 aliphatic rings. The Labute approximate surface area is 107 Å². The summed E-state index contributed by atoms with van der Waals surface area (Å²) in [5.41, 5.74) is 9.33. The number of hydrogen-bond acceptors (Lipinski definition) is 4. The summed E-state index contributed by atoms with van der Waals surface area (Å²) in [6, 6.07) is 8.86. The second-order valence-corrected chi connectivity index (χ2v) is 4.30. The van der Waals surface area contributed by atoms with Gasteiger partial charge in [-0.25, -0.2) is 5.53 Å². The maximum Gasteiger partial charge on any atom is 0.0955 e. The van der Waals surface area contributed by atoms with E-state index in [9.17, 15) is 0 Å². The van der Waals surface area contributed by atoms with E-state index in [2.05, 4.69) is 26.0 Å². The summed E-state index contributed by atoms with van der Waals surface area (Å²) in [4.78, 5) is 3.91. The molecule has 0 unspecified atom stereocenters. The Morgan fingerprint density at radius 2 is 1.88 bits per heavy atom. The first kappa shape index (κ1) is 11.6. The average Bonchev–Trinajstić information content (AvgIpc) is 2.39. The molecule has 0 aliphatic carbocycles. The van der Waals surface area contributed by atoms with Crippen LogP contribution < -0.4 is 0 Å². The normalized spacial score (nSPS) is 9.94. The van der Waals surface area contributed by atoms with Gasteiger partial charge < -0.3 is 0 Å². The van der Waals surface area contributed by atoms with E-state index >= 15 is 0 Å². The first-order valence-electron chi connectivity index (χ1n) is 4.88. The highest BCUT2D eigenvalue weighted by molar-refractivity contribution is 9.10. The topological polar surface area (TPSA) is 73.0 Å². The zero-order valence-electron chi connectivity index (χ0n) is 8.81. The predicted octanol–water partition coefficient (Wildman–Crippen LogP) is 3.92. The van der Waals surface area contributed by atoms with E-state index in [-0.39, 0.29) is 0 Å². The molecule has 5 heteroatoms. The van der Waals surface area contributed by atoms with Crippen molar-refractivity contribution in [3.8, 4) is 0 Å². The molecule has 2 N–H and O–H groups in total. The van der Waals surface area contributed by atoms with Crippen molar-refractivity contribution in [1.82, 2.24) is 4.98 Å². The molecule has 17 heavy (non-hydrogen) atoms. The van der Waals surface area contributed by atoms with Gasteiger partial charge in [0.15, 0.2) is 0 Å². The Morgan fingerprint density at radius 1 is 1.18 bits per heavy atom. The Morgan fingerprint density at radius 3 is 2.53 bits per heavy atom. The molecule has 0 spiro atoms. The number of aromatic nitrogens is 1. The molecule has 2 rings (SSSR count). The van der Waals surface area contributed by atoms with Crippen molar-refractivity contribution in [3.05, 3.63) is 58.3 Å². The van der Waals surface area contributed by atoms with Gasteiger partial charge in [0.05, 0.1) is 11.4 Å². The third-order valence-electron chi connectivity index (χ3n) is 2.32. The maximum absolute atomic E-state index is 8.10. The van der Waals surface area contributed by atoms with Crippen molar-refractivity contribution in [1.29, 1.82) is 10.9 Å². The monoisotopic (exact) mass is 288 g/mol. The average molecular weight is 289 g/mol. The number of nitrogens with one attached hydrogen (secondary N) is 2. The molecule has 1 aromatic heterocycles. The fourth-order valence-electron chi connectivity index (χ4n) is 1.48. The molecule has 4 nitrogen and oxygen atoms in total. The molecular weight excluding hydrogens is 280 g/mol. The van der Waals surface area contributed by atoms with E-state index in [1.807, 2.05) is 6.07 Å². The van der Waals surface area contributed by atoms with Gasteiger partial charge in [0.2, 0.25) is 0 Å². The third kappa shape index (κ3) is 2.45. The molecule has 0 atom stereocenters. The molecular formula is C12H9BrN4. The number of rotatable bonds is 3. The van der Waals surface area contributed by atoms with E-state index in [4.69, 9.17) is 10.9 Å². The molecule has 0 radical (unpaired) electrons. The fraction of sp³-hybridized carbons (Fsp3) is 0. The molecule has 0 amide bonds. The second kappa shape index (κ2) is 4.97. The van der Waals surface area contributed by atoms with E-state index in [1.54, 1.807) is 36.7 Å². The molecule has 1 aromatic carbocycles. The number of nitrogens with zero attached hydrogens (tertiary/aromatic N) is 2. The van der Waals surface area contributed by atoms with Crippen molar-refractivity contribution < 1.29 is 0 Å². The standard InChI is InChI=1S/C12H9BrN4/c13-9-1-2-10(11(7-9)17-15)12(14)8-3-5-16-6-4-8/h1-7,14-15H. The highest BCUT2D eigenvalue weighted by Crippen LogP contribution is 2.25. The number of pyridine rings is 1. The van der Waals surface area contributed by atoms with Gasteiger partial charge in [0.25, 0.3) is 0 Å². The predicted molar refractivity (Wildman–Crippen MR) is 69.1 cm³/mol. The van der Waals surface area contributed by atoms with Crippen molar-refractivity contribution in [2.45, 2.75) is 0 Å². The molecule has 0 saturated carbocycles. The third-order valence-corrected chi connectivity index (χ3v) is 2.81. The minimum Gasteiger partial charge on any atom is -0.300 e. The summed E-state index contributed by atoms with van der Waals surface area (Å²) >= 11 is 3.32. The van der Waals surface area contributed by atoms with Gasteiger partial charge in [0, 0.05) is 28.0 Å².